The number of aliphatic hydroxyl groups excluding tert-OH is 1. The van der Waals surface area contributed by atoms with E-state index in [1.165, 1.54) is 89.9 Å². The normalized spacial score (nSPS) is 15.0. The number of likely N-dealkylation sites (N-methyl/N-ethyl adjacent to an activating group) is 1. The third-order valence-corrected chi connectivity index (χ3v) is 12.0. The molecule has 3 unspecified atom stereocenters. The summed E-state index contributed by atoms with van der Waals surface area (Å²) in [6.45, 7) is 4.47. The highest BCUT2D eigenvalue weighted by atomic mass is 31.2. The van der Waals surface area contributed by atoms with Crippen molar-refractivity contribution < 1.29 is 32.9 Å². The lowest BCUT2D eigenvalue weighted by Gasteiger charge is -2.25. The molecule has 0 saturated carbocycles. The predicted octanol–water partition coefficient (Wildman–Crippen LogP) is 15.6. The van der Waals surface area contributed by atoms with Crippen molar-refractivity contribution in [2.24, 2.45) is 0 Å². The molecule has 0 aromatic carbocycles. The lowest BCUT2D eigenvalue weighted by atomic mass is 10.0. The summed E-state index contributed by atoms with van der Waals surface area (Å²) < 4.78 is 23.3. The van der Waals surface area contributed by atoms with E-state index in [1.54, 1.807) is 6.08 Å². The van der Waals surface area contributed by atoms with Gasteiger partial charge in [0.2, 0.25) is 5.91 Å². The summed E-state index contributed by atoms with van der Waals surface area (Å²) in [5.41, 5.74) is 0. The molecule has 8 nitrogen and oxygen atoms in total. The maximum Gasteiger partial charge on any atom is 0.472 e. The van der Waals surface area contributed by atoms with Crippen molar-refractivity contribution in [1.29, 1.82) is 0 Å². The van der Waals surface area contributed by atoms with Crippen LogP contribution in [0.4, 0.5) is 0 Å². The second-order valence-corrected chi connectivity index (χ2v) is 20.0. The number of hydrogen-bond acceptors (Lipinski definition) is 5. The van der Waals surface area contributed by atoms with Crippen molar-refractivity contribution in [2.45, 2.75) is 206 Å². The van der Waals surface area contributed by atoms with E-state index >= 15 is 0 Å². The Morgan fingerprint density at radius 3 is 1.30 bits per heavy atom. The van der Waals surface area contributed by atoms with Crippen LogP contribution in [0.25, 0.3) is 0 Å². The summed E-state index contributed by atoms with van der Waals surface area (Å²) >= 11 is 0. The molecule has 0 saturated heterocycles. The van der Waals surface area contributed by atoms with Crippen LogP contribution < -0.4 is 5.32 Å². The largest absolute Gasteiger partial charge is 0.472 e. The van der Waals surface area contributed by atoms with Gasteiger partial charge in [0.05, 0.1) is 39.9 Å². The van der Waals surface area contributed by atoms with E-state index < -0.39 is 20.0 Å². The average Bonchev–Trinajstić information content (AvgIpc) is 3.27. The molecule has 3 atom stereocenters. The number of allylic oxidation sites excluding steroid dienone is 17. The van der Waals surface area contributed by atoms with Crippen LogP contribution in [0.1, 0.15) is 194 Å². The molecule has 0 bridgehead atoms. The number of nitrogens with zero attached hydrogens (tertiary/aromatic N) is 1. The highest BCUT2D eigenvalue weighted by Gasteiger charge is 2.27. The van der Waals surface area contributed by atoms with Gasteiger partial charge in [-0.2, -0.15) is 0 Å². The van der Waals surface area contributed by atoms with E-state index in [2.05, 4.69) is 109 Å². The first kappa shape index (κ1) is 63.2. The Bertz CT molecular complexity index is 1440. The van der Waals surface area contributed by atoms with E-state index in [4.69, 9.17) is 9.05 Å². The Balaban J connectivity index is 3.74. The van der Waals surface area contributed by atoms with E-state index in [0.717, 1.165) is 83.5 Å². The van der Waals surface area contributed by atoms with Gasteiger partial charge in [0.1, 0.15) is 13.2 Å². The topological polar surface area (TPSA) is 105 Å². The van der Waals surface area contributed by atoms with E-state index in [1.807, 2.05) is 34.1 Å². The van der Waals surface area contributed by atoms with Crippen LogP contribution >= 0.6 is 7.82 Å². The second-order valence-electron chi connectivity index (χ2n) is 18.5. The number of hydrogen-bond donors (Lipinski definition) is 3. The number of aliphatic hydroxyl groups is 1. The molecular weight excluding hydrogens is 840 g/mol. The fourth-order valence-corrected chi connectivity index (χ4v) is 7.62. The van der Waals surface area contributed by atoms with Crippen LogP contribution in [-0.2, 0) is 18.4 Å². The maximum absolute atomic E-state index is 12.7. The molecule has 378 valence electrons. The van der Waals surface area contributed by atoms with Gasteiger partial charge in [-0.25, -0.2) is 4.57 Å². The zero-order valence-electron chi connectivity index (χ0n) is 42.9. The molecule has 3 N–H and O–H groups in total. The van der Waals surface area contributed by atoms with Gasteiger partial charge < -0.3 is 19.8 Å². The minimum absolute atomic E-state index is 0.0564. The Kier molecular flexibility index (Phi) is 45.2. The fraction of sp³-hybridized carbons (Fsp3) is 0.667. The van der Waals surface area contributed by atoms with Gasteiger partial charge in [-0.1, -0.05) is 220 Å². The minimum Gasteiger partial charge on any atom is -0.387 e. The van der Waals surface area contributed by atoms with Gasteiger partial charge in [-0.3, -0.25) is 13.8 Å². The monoisotopic (exact) mass is 940 g/mol. The molecule has 0 aliphatic rings. The molecule has 0 spiro atoms. The summed E-state index contributed by atoms with van der Waals surface area (Å²) in [6, 6.07) is -0.846. The number of carbonyl (C=O) groups excluding carboxylic acids is 1. The molecule has 0 aliphatic carbocycles. The maximum atomic E-state index is 12.7. The first-order chi connectivity index (χ1) is 32.0. The van der Waals surface area contributed by atoms with Crippen molar-refractivity contribution in [3.63, 3.8) is 0 Å². The van der Waals surface area contributed by atoms with Crippen LogP contribution in [0.3, 0.4) is 0 Å². The van der Waals surface area contributed by atoms with E-state index in [-0.39, 0.29) is 19.1 Å². The second kappa shape index (κ2) is 47.2. The van der Waals surface area contributed by atoms with Gasteiger partial charge in [0.15, 0.2) is 0 Å². The number of nitrogens with one attached hydrogen (secondary N) is 1. The number of unbranched alkanes of at least 4 members (excludes halogenated alkanes) is 17. The minimum atomic E-state index is -4.32. The van der Waals surface area contributed by atoms with Gasteiger partial charge in [0, 0.05) is 6.42 Å². The zero-order chi connectivity index (χ0) is 48.5. The molecule has 0 heterocycles. The SMILES string of the molecule is CC/C=C\C/C=C\C/C=C\C/C=C\C/C=C\C/C=C\C/C=C\C/C=C\CCCCCCCCCCCCCCCCCCC(=O)NC(COP(=O)(O)OCC[N+](C)(C)C)C(O)/C=C/CCC. The lowest BCUT2D eigenvalue weighted by molar-refractivity contribution is -0.870. The van der Waals surface area contributed by atoms with Gasteiger partial charge in [0.25, 0.3) is 0 Å². The lowest BCUT2D eigenvalue weighted by Crippen LogP contribution is -2.45. The third-order valence-electron chi connectivity index (χ3n) is 11.0. The average molecular weight is 940 g/mol. The molecule has 0 aromatic rings. The van der Waals surface area contributed by atoms with Crippen LogP contribution in [0, 0.1) is 0 Å². The molecule has 0 aliphatic heterocycles. The molecule has 9 heteroatoms. The molecule has 0 fully saturated rings. The number of quaternary nitrogens is 1. The van der Waals surface area contributed by atoms with Gasteiger partial charge in [-0.05, 0) is 77.0 Å². The van der Waals surface area contributed by atoms with Crippen molar-refractivity contribution in [2.75, 3.05) is 40.9 Å². The summed E-state index contributed by atoms with van der Waals surface area (Å²) in [5, 5.41) is 13.5. The molecule has 0 radical (unpaired) electrons. The standard InChI is InChI=1S/C57H99N2O6P/c1-6-8-10-11-12-13-14-15-16-17-18-19-20-21-22-23-24-25-26-27-28-29-30-31-32-33-34-35-36-37-38-39-40-41-42-43-44-45-46-47-49-51-57(61)58-55(56(60)50-48-9-7-2)54-65-66(62,63)64-53-52-59(3,4)5/h8,10,12-13,15-16,18-19,21-22,24-25,27-28,30-31,48,50,55-56,60H,6-7,9,11,14,17,20,23,26,29,32-47,49,51-54H2,1-5H3,(H-,58,61,62,63)/p+1/b10-8-,13-12-,16-15-,19-18-,22-21-,25-24-,28-27-,31-30-,50-48+. The van der Waals surface area contributed by atoms with Crippen molar-refractivity contribution in [3.8, 4) is 0 Å². The van der Waals surface area contributed by atoms with Gasteiger partial charge in [-0.15, -0.1) is 0 Å². The number of carbonyl (C=O) groups is 1. The summed E-state index contributed by atoms with van der Waals surface area (Å²) in [4.78, 5) is 22.8. The highest BCUT2D eigenvalue weighted by Crippen LogP contribution is 2.43. The van der Waals surface area contributed by atoms with Crippen molar-refractivity contribution in [1.82, 2.24) is 5.32 Å². The number of phosphoric acid groups is 1. The summed E-state index contributed by atoms with van der Waals surface area (Å²) in [6.07, 6.45) is 70.1. The van der Waals surface area contributed by atoms with Crippen LogP contribution in [-0.4, -0.2) is 73.4 Å². The quantitative estimate of drug-likeness (QED) is 0.0243. The fourth-order valence-electron chi connectivity index (χ4n) is 6.89. The molecule has 0 aromatic heterocycles. The Morgan fingerprint density at radius 2 is 0.909 bits per heavy atom. The molecule has 0 rings (SSSR count). The number of phosphoric ester groups is 1. The third kappa shape index (κ3) is 49.1. The van der Waals surface area contributed by atoms with Crippen LogP contribution in [0.5, 0.6) is 0 Å². The molecular formula is C57H100N2O6P+. The zero-order valence-corrected chi connectivity index (χ0v) is 43.8. The van der Waals surface area contributed by atoms with Crippen LogP contribution in [0.15, 0.2) is 109 Å². The molecule has 1 amide bonds. The smallest absolute Gasteiger partial charge is 0.387 e. The first-order valence-electron chi connectivity index (χ1n) is 26.3. The predicted molar refractivity (Wildman–Crippen MR) is 285 cm³/mol. The van der Waals surface area contributed by atoms with E-state index in [9.17, 15) is 19.4 Å². The van der Waals surface area contributed by atoms with Crippen molar-refractivity contribution >= 4 is 13.7 Å². The highest BCUT2D eigenvalue weighted by molar-refractivity contribution is 7.47. The number of amides is 1. The van der Waals surface area contributed by atoms with Gasteiger partial charge >= 0.3 is 7.82 Å². The Hall–Kier alpha value is -2.84. The first-order valence-corrected chi connectivity index (χ1v) is 27.8. The number of rotatable bonds is 46. The Morgan fingerprint density at radius 1 is 0.530 bits per heavy atom. The van der Waals surface area contributed by atoms with Crippen LogP contribution in [0.2, 0.25) is 0 Å². The van der Waals surface area contributed by atoms with E-state index in [0.29, 0.717) is 17.4 Å². The molecule has 66 heavy (non-hydrogen) atoms. The Labute approximate surface area is 406 Å². The summed E-state index contributed by atoms with van der Waals surface area (Å²) in [5.74, 6) is -0.193. The summed E-state index contributed by atoms with van der Waals surface area (Å²) in [7, 11) is 1.55. The van der Waals surface area contributed by atoms with Crippen molar-refractivity contribution in [3.05, 3.63) is 109 Å².